The lowest BCUT2D eigenvalue weighted by Crippen LogP contribution is -2.25. The maximum Gasteiger partial charge on any atom is 0.318 e. The average molecular weight is 508 g/mol. The summed E-state index contributed by atoms with van der Waals surface area (Å²) < 4.78 is 13.6. The minimum atomic E-state index is -1.49. The van der Waals surface area contributed by atoms with Crippen molar-refractivity contribution in [3.8, 4) is 11.5 Å². The number of carboxylic acids is 2. The lowest BCUT2D eigenvalue weighted by Gasteiger charge is -2.10. The zero-order valence-electron chi connectivity index (χ0n) is 19.5. The highest BCUT2D eigenvalue weighted by Gasteiger charge is 2.25. The molecule has 0 bridgehead atoms. The third kappa shape index (κ3) is 5.92. The number of carboxylic acid groups (broad SMARTS) is 2. The Hall–Kier alpha value is -4.11. The first-order valence-corrected chi connectivity index (χ1v) is 12.1. The first-order valence-electron chi connectivity index (χ1n) is 11.3. The number of methoxy groups -OCH3 is 1. The molecule has 3 aromatic carbocycles. The van der Waals surface area contributed by atoms with Crippen LogP contribution in [0.15, 0.2) is 71.5 Å². The van der Waals surface area contributed by atoms with Crippen LogP contribution in [0, 0.1) is 5.92 Å². The predicted molar refractivity (Wildman–Crippen MR) is 136 cm³/mol. The number of carbonyl (C=O) groups is 2. The minimum Gasteiger partial charge on any atom is -0.497 e. The summed E-state index contributed by atoms with van der Waals surface area (Å²) in [6.07, 6.45) is 0.645. The fourth-order valence-corrected chi connectivity index (χ4v) is 4.89. The van der Waals surface area contributed by atoms with E-state index in [-0.39, 0.29) is 17.9 Å². The van der Waals surface area contributed by atoms with Gasteiger partial charge in [0.05, 0.1) is 23.9 Å². The molecule has 0 saturated heterocycles. The van der Waals surface area contributed by atoms with Crippen LogP contribution in [0.2, 0.25) is 0 Å². The number of nitrogens with zero attached hydrogens (tertiary/aromatic N) is 1. The van der Waals surface area contributed by atoms with Crippen LogP contribution >= 0.6 is 11.3 Å². The summed E-state index contributed by atoms with van der Waals surface area (Å²) in [5.74, 6) is -2.87. The molecule has 0 radical (unpaired) electrons. The Morgan fingerprint density at radius 3 is 2.14 bits per heavy atom. The van der Waals surface area contributed by atoms with Crippen LogP contribution in [0.3, 0.4) is 0 Å². The van der Waals surface area contributed by atoms with Crippen molar-refractivity contribution in [1.82, 2.24) is 4.57 Å². The van der Waals surface area contributed by atoms with Crippen LogP contribution in [0.25, 0.3) is 10.2 Å². The minimum absolute atomic E-state index is 0.0565. The molecule has 0 atom stereocenters. The Kier molecular flexibility index (Phi) is 7.70. The molecule has 186 valence electrons. The second kappa shape index (κ2) is 11.1. The summed E-state index contributed by atoms with van der Waals surface area (Å²) in [6, 6.07) is 20.6. The van der Waals surface area contributed by atoms with Crippen LogP contribution in [0.1, 0.15) is 16.7 Å². The van der Waals surface area contributed by atoms with E-state index >= 15 is 0 Å². The molecule has 0 saturated carbocycles. The molecule has 0 spiro atoms. The van der Waals surface area contributed by atoms with E-state index in [0.29, 0.717) is 17.9 Å². The highest BCUT2D eigenvalue weighted by Crippen LogP contribution is 2.22. The monoisotopic (exact) mass is 507 g/mol. The fraction of sp³-hybridized carbons (Fsp3) is 0.222. The largest absolute Gasteiger partial charge is 0.497 e. The highest BCUT2D eigenvalue weighted by atomic mass is 32.1. The number of fused-ring (bicyclic) bond motifs is 1. The lowest BCUT2D eigenvalue weighted by molar-refractivity contribution is -0.154. The first kappa shape index (κ1) is 25.0. The lowest BCUT2D eigenvalue weighted by atomic mass is 10.00. The third-order valence-corrected chi connectivity index (χ3v) is 6.78. The van der Waals surface area contributed by atoms with Crippen LogP contribution in [-0.4, -0.2) is 40.4 Å². The molecule has 2 N–H and O–H groups in total. The molecule has 0 fully saturated rings. The number of aliphatic carboxylic acids is 2. The van der Waals surface area contributed by atoms with E-state index < -0.39 is 17.9 Å². The Labute approximate surface area is 211 Å². The number of hydrogen-bond acceptors (Lipinski definition) is 6. The van der Waals surface area contributed by atoms with Crippen molar-refractivity contribution in [3.05, 3.63) is 93.1 Å². The summed E-state index contributed by atoms with van der Waals surface area (Å²) in [5, 5.41) is 18.1. The van der Waals surface area contributed by atoms with Crippen LogP contribution in [0.5, 0.6) is 11.5 Å². The van der Waals surface area contributed by atoms with Crippen molar-refractivity contribution in [3.63, 3.8) is 0 Å². The Morgan fingerprint density at radius 1 is 0.889 bits per heavy atom. The van der Waals surface area contributed by atoms with Crippen molar-refractivity contribution in [2.75, 3.05) is 13.7 Å². The zero-order chi connectivity index (χ0) is 25.7. The van der Waals surface area contributed by atoms with Crippen LogP contribution in [-0.2, 0) is 29.0 Å². The molecule has 1 heterocycles. The second-order valence-electron chi connectivity index (χ2n) is 8.27. The quantitative estimate of drug-likeness (QED) is 0.294. The van der Waals surface area contributed by atoms with Gasteiger partial charge in [-0.25, -0.2) is 0 Å². The topological polar surface area (TPSA) is 115 Å². The van der Waals surface area contributed by atoms with Crippen molar-refractivity contribution in [2.45, 2.75) is 19.4 Å². The summed E-state index contributed by atoms with van der Waals surface area (Å²) in [6.45, 7) is 0.643. The zero-order valence-corrected chi connectivity index (χ0v) is 20.4. The maximum atomic E-state index is 12.6. The molecular formula is C27H25NO7S. The van der Waals surface area contributed by atoms with Crippen molar-refractivity contribution >= 4 is 33.5 Å². The van der Waals surface area contributed by atoms with Gasteiger partial charge in [-0.15, -0.1) is 0 Å². The van der Waals surface area contributed by atoms with Crippen molar-refractivity contribution in [1.29, 1.82) is 0 Å². The number of hydrogen-bond donors (Lipinski definition) is 2. The number of thiazole rings is 1. The van der Waals surface area contributed by atoms with E-state index in [0.717, 1.165) is 33.5 Å². The van der Waals surface area contributed by atoms with Crippen LogP contribution < -0.4 is 14.3 Å². The van der Waals surface area contributed by atoms with Gasteiger partial charge in [0.1, 0.15) is 18.1 Å². The highest BCUT2D eigenvalue weighted by molar-refractivity contribution is 7.16. The Morgan fingerprint density at radius 2 is 1.50 bits per heavy atom. The molecule has 36 heavy (non-hydrogen) atoms. The summed E-state index contributed by atoms with van der Waals surface area (Å²) in [7, 11) is 1.64. The van der Waals surface area contributed by atoms with Gasteiger partial charge in [0, 0.05) is 0 Å². The first-order chi connectivity index (χ1) is 17.3. The molecule has 4 rings (SSSR count). The van der Waals surface area contributed by atoms with Gasteiger partial charge in [-0.05, 0) is 65.9 Å². The normalized spacial score (nSPS) is 11.1. The number of rotatable bonds is 11. The van der Waals surface area contributed by atoms with Gasteiger partial charge in [-0.1, -0.05) is 41.7 Å². The molecular weight excluding hydrogens is 482 g/mol. The van der Waals surface area contributed by atoms with E-state index in [1.807, 2.05) is 42.5 Å². The third-order valence-electron chi connectivity index (χ3n) is 5.84. The van der Waals surface area contributed by atoms with Gasteiger partial charge >= 0.3 is 16.8 Å². The van der Waals surface area contributed by atoms with E-state index in [2.05, 4.69) is 0 Å². The molecule has 0 aliphatic heterocycles. The van der Waals surface area contributed by atoms with Crippen molar-refractivity contribution in [2.24, 2.45) is 5.92 Å². The molecule has 0 aliphatic rings. The van der Waals surface area contributed by atoms with E-state index in [1.165, 1.54) is 11.3 Å². The Bertz CT molecular complexity index is 1410. The van der Waals surface area contributed by atoms with E-state index in [1.54, 1.807) is 35.9 Å². The smallest absolute Gasteiger partial charge is 0.318 e. The Balaban J connectivity index is 1.37. The number of ether oxygens (including phenoxy) is 2. The molecule has 0 amide bonds. The molecule has 0 aliphatic carbocycles. The fourth-order valence-electron chi connectivity index (χ4n) is 3.90. The summed E-state index contributed by atoms with van der Waals surface area (Å²) >= 11 is 1.20. The standard InChI is InChI=1S/C27H25NO7S/c1-34-20-7-2-17(3-8-20)14-19-6-11-23-24(16-19)36-27(33)28(23)12-13-35-21-9-4-18(5-10-21)15-22(25(29)30)26(31)32/h2-11,16,22H,12-15H2,1H3,(H,29,30)(H,31,32). The van der Waals surface area contributed by atoms with Gasteiger partial charge < -0.3 is 19.7 Å². The van der Waals surface area contributed by atoms with Gasteiger partial charge in [0.25, 0.3) is 0 Å². The van der Waals surface area contributed by atoms with E-state index in [9.17, 15) is 14.4 Å². The maximum absolute atomic E-state index is 12.6. The van der Waals surface area contributed by atoms with Gasteiger partial charge in [0.2, 0.25) is 0 Å². The van der Waals surface area contributed by atoms with Gasteiger partial charge in [-0.3, -0.25) is 19.0 Å². The average Bonchev–Trinajstić information content (AvgIpc) is 3.17. The number of aromatic nitrogens is 1. The molecule has 8 nitrogen and oxygen atoms in total. The van der Waals surface area contributed by atoms with Crippen molar-refractivity contribution < 1.29 is 29.3 Å². The SMILES string of the molecule is COc1ccc(Cc2ccc3c(c2)sc(=O)n3CCOc2ccc(CC(C(=O)O)C(=O)O)cc2)cc1. The summed E-state index contributed by atoms with van der Waals surface area (Å²) in [4.78, 5) is 34.7. The second-order valence-corrected chi connectivity index (χ2v) is 9.27. The van der Waals surface area contributed by atoms with Gasteiger partial charge in [0.15, 0.2) is 5.92 Å². The molecule has 0 unspecified atom stereocenters. The molecule has 1 aromatic heterocycles. The summed E-state index contributed by atoms with van der Waals surface area (Å²) in [5.41, 5.74) is 3.71. The van der Waals surface area contributed by atoms with E-state index in [4.69, 9.17) is 19.7 Å². The molecule has 9 heteroatoms. The van der Waals surface area contributed by atoms with Gasteiger partial charge in [-0.2, -0.15) is 0 Å². The molecule has 4 aromatic rings. The van der Waals surface area contributed by atoms with Crippen LogP contribution in [0.4, 0.5) is 0 Å². The number of benzene rings is 3. The predicted octanol–water partition coefficient (Wildman–Crippen LogP) is 4.07.